The zero-order valence-electron chi connectivity index (χ0n) is 15.8. The molecular weight excluding hydrogens is 332 g/mol. The molecule has 1 aliphatic heterocycles. The lowest BCUT2D eigenvalue weighted by Crippen LogP contribution is -2.66. The Morgan fingerprint density at radius 2 is 1.96 bits per heavy atom. The van der Waals surface area contributed by atoms with E-state index in [-0.39, 0.29) is 11.6 Å². The Morgan fingerprint density at radius 1 is 1.27 bits per heavy atom. The molecule has 1 aliphatic rings. The fourth-order valence-electron chi connectivity index (χ4n) is 4.05. The third-order valence-electron chi connectivity index (χ3n) is 5.54. The van der Waals surface area contributed by atoms with Crippen LogP contribution in [0.15, 0.2) is 24.4 Å². The van der Waals surface area contributed by atoms with Gasteiger partial charge >= 0.3 is 6.09 Å². The number of methoxy groups -OCH3 is 1. The van der Waals surface area contributed by atoms with E-state index >= 15 is 0 Å². The molecule has 3 rings (SSSR count). The second kappa shape index (κ2) is 6.72. The van der Waals surface area contributed by atoms with E-state index in [4.69, 9.17) is 9.84 Å². The Balaban J connectivity index is 2.08. The number of rotatable bonds is 3. The Morgan fingerprint density at radius 3 is 2.54 bits per heavy atom. The zero-order valence-corrected chi connectivity index (χ0v) is 15.8. The second-order valence-electron chi connectivity index (χ2n) is 7.86. The summed E-state index contributed by atoms with van der Waals surface area (Å²) in [5, 5.41) is 11.7. The molecule has 1 amide bonds. The molecule has 7 nitrogen and oxygen atoms in total. The number of nitrogens with zero attached hydrogens (tertiary/aromatic N) is 3. The van der Waals surface area contributed by atoms with Gasteiger partial charge in [0.1, 0.15) is 0 Å². The number of ether oxygens (including phenoxy) is 1. The minimum atomic E-state index is -0.952. The van der Waals surface area contributed by atoms with Crippen LogP contribution in [-0.4, -0.2) is 52.9 Å². The molecule has 26 heavy (non-hydrogen) atoms. The first-order valence-corrected chi connectivity index (χ1v) is 8.94. The number of pyridine rings is 2. The second-order valence-corrected chi connectivity index (χ2v) is 7.86. The molecule has 0 aromatic carbocycles. The van der Waals surface area contributed by atoms with Crippen LogP contribution in [0.2, 0.25) is 0 Å². The standard InChI is InChI=1S/C19H26N4O3/c1-19(2,3)23(11-8-13(9-12-23)21-18(24)25)15-7-10-20-14-5-6-16(26-4)22-17(14)15/h5-7,10,13,21H,8-9,11-12H2,1-4H3/p+1. The van der Waals surface area contributed by atoms with Crippen molar-refractivity contribution in [3.8, 4) is 5.88 Å². The van der Waals surface area contributed by atoms with Gasteiger partial charge in [0, 0.05) is 37.2 Å². The Hall–Kier alpha value is -2.41. The highest BCUT2D eigenvalue weighted by Crippen LogP contribution is 2.40. The van der Waals surface area contributed by atoms with Crippen LogP contribution in [0.5, 0.6) is 5.88 Å². The van der Waals surface area contributed by atoms with Crippen LogP contribution in [0.1, 0.15) is 33.6 Å². The van der Waals surface area contributed by atoms with Crippen LogP contribution in [0.4, 0.5) is 10.5 Å². The maximum Gasteiger partial charge on any atom is 0.404 e. The highest BCUT2D eigenvalue weighted by molar-refractivity contribution is 5.87. The summed E-state index contributed by atoms with van der Waals surface area (Å²) in [6.07, 6.45) is 2.46. The molecule has 0 atom stereocenters. The van der Waals surface area contributed by atoms with Gasteiger partial charge in [-0.05, 0) is 26.8 Å². The first-order chi connectivity index (χ1) is 12.3. The lowest BCUT2D eigenvalue weighted by Gasteiger charge is -2.51. The maximum absolute atomic E-state index is 11.0. The minimum absolute atomic E-state index is 0.00306. The van der Waals surface area contributed by atoms with E-state index < -0.39 is 6.09 Å². The van der Waals surface area contributed by atoms with Gasteiger partial charge < -0.3 is 15.2 Å². The number of hydrogen-bond acceptors (Lipinski definition) is 4. The maximum atomic E-state index is 11.0. The van der Waals surface area contributed by atoms with Crippen LogP contribution < -0.4 is 14.5 Å². The molecule has 0 saturated carbocycles. The molecule has 0 unspecified atom stereocenters. The van der Waals surface area contributed by atoms with Crippen LogP contribution in [0.25, 0.3) is 11.0 Å². The lowest BCUT2D eigenvalue weighted by molar-refractivity contribution is 0.100. The van der Waals surface area contributed by atoms with E-state index in [1.807, 2.05) is 24.4 Å². The topological polar surface area (TPSA) is 84.3 Å². The third-order valence-corrected chi connectivity index (χ3v) is 5.54. The van der Waals surface area contributed by atoms with Crippen molar-refractivity contribution < 1.29 is 14.6 Å². The summed E-state index contributed by atoms with van der Waals surface area (Å²) in [5.41, 5.74) is 2.75. The van der Waals surface area contributed by atoms with E-state index in [0.717, 1.165) is 47.1 Å². The van der Waals surface area contributed by atoms with Crippen molar-refractivity contribution in [2.45, 2.75) is 45.2 Å². The first kappa shape index (κ1) is 18.4. The van der Waals surface area contributed by atoms with E-state index in [1.54, 1.807) is 7.11 Å². The average molecular weight is 359 g/mol. The molecule has 0 aliphatic carbocycles. The number of quaternary nitrogens is 1. The molecule has 2 N–H and O–H groups in total. The summed E-state index contributed by atoms with van der Waals surface area (Å²) in [6, 6.07) is 5.80. The molecule has 1 fully saturated rings. The number of hydrogen-bond donors (Lipinski definition) is 2. The number of piperidine rings is 1. The highest BCUT2D eigenvalue weighted by atomic mass is 16.5. The van der Waals surface area contributed by atoms with Gasteiger partial charge in [-0.1, -0.05) is 0 Å². The number of amides is 1. The van der Waals surface area contributed by atoms with E-state index in [9.17, 15) is 4.79 Å². The van der Waals surface area contributed by atoms with Gasteiger partial charge in [-0.15, -0.1) is 0 Å². The smallest absolute Gasteiger partial charge is 0.404 e. The van der Waals surface area contributed by atoms with Crippen LogP contribution >= 0.6 is 0 Å². The third kappa shape index (κ3) is 3.19. The zero-order chi connectivity index (χ0) is 18.9. The summed E-state index contributed by atoms with van der Waals surface area (Å²) < 4.78 is 6.06. The summed E-state index contributed by atoms with van der Waals surface area (Å²) in [5.74, 6) is 0.571. The normalized spacial score (nSPS) is 23.6. The van der Waals surface area contributed by atoms with Gasteiger partial charge in [-0.25, -0.2) is 9.78 Å². The van der Waals surface area contributed by atoms with Crippen LogP contribution in [0, 0.1) is 0 Å². The van der Waals surface area contributed by atoms with E-state index in [0.29, 0.717) is 5.88 Å². The molecule has 0 radical (unpaired) electrons. The largest absolute Gasteiger partial charge is 0.481 e. The molecule has 0 bridgehead atoms. The summed E-state index contributed by atoms with van der Waals surface area (Å²) in [7, 11) is 1.61. The average Bonchev–Trinajstić information content (AvgIpc) is 2.60. The van der Waals surface area contributed by atoms with Crippen molar-refractivity contribution in [2.75, 3.05) is 20.2 Å². The van der Waals surface area contributed by atoms with E-state index in [1.165, 1.54) is 0 Å². The number of aromatic nitrogens is 2. The van der Waals surface area contributed by atoms with E-state index in [2.05, 4.69) is 36.1 Å². The van der Waals surface area contributed by atoms with Crippen LogP contribution in [0.3, 0.4) is 0 Å². The predicted molar refractivity (Wildman–Crippen MR) is 102 cm³/mol. The fourth-order valence-corrected chi connectivity index (χ4v) is 4.05. The van der Waals surface area contributed by atoms with Crippen molar-refractivity contribution in [3.05, 3.63) is 24.4 Å². The molecule has 3 heterocycles. The van der Waals surface area contributed by atoms with Crippen molar-refractivity contribution >= 4 is 22.8 Å². The fraction of sp³-hybridized carbons (Fsp3) is 0.526. The first-order valence-electron chi connectivity index (χ1n) is 8.94. The molecule has 7 heteroatoms. The summed E-state index contributed by atoms with van der Waals surface area (Å²) in [4.78, 5) is 20.1. The molecule has 1 saturated heterocycles. The predicted octanol–water partition coefficient (Wildman–Crippen LogP) is 3.17. The van der Waals surface area contributed by atoms with Gasteiger partial charge in [-0.3, -0.25) is 9.47 Å². The minimum Gasteiger partial charge on any atom is -0.481 e. The Kier molecular flexibility index (Phi) is 4.75. The molecular formula is C19H27N4O3+. The Labute approximate surface area is 153 Å². The summed E-state index contributed by atoms with van der Waals surface area (Å²) >= 11 is 0. The van der Waals surface area contributed by atoms with Crippen molar-refractivity contribution in [3.63, 3.8) is 0 Å². The molecule has 2 aromatic heterocycles. The summed E-state index contributed by atoms with van der Waals surface area (Å²) in [6.45, 7) is 8.36. The Bertz CT molecular complexity index is 808. The van der Waals surface area contributed by atoms with Gasteiger partial charge in [0.2, 0.25) is 5.88 Å². The number of fused-ring (bicyclic) bond motifs is 1. The molecule has 2 aromatic rings. The van der Waals surface area contributed by atoms with Crippen molar-refractivity contribution in [1.29, 1.82) is 0 Å². The van der Waals surface area contributed by atoms with Crippen LogP contribution in [-0.2, 0) is 0 Å². The van der Waals surface area contributed by atoms with Crippen molar-refractivity contribution in [2.24, 2.45) is 0 Å². The lowest BCUT2D eigenvalue weighted by atomic mass is 9.91. The number of likely N-dealkylation sites (tertiary alicyclic amines) is 1. The monoisotopic (exact) mass is 359 g/mol. The van der Waals surface area contributed by atoms with Gasteiger partial charge in [0.25, 0.3) is 0 Å². The quantitative estimate of drug-likeness (QED) is 0.822. The SMILES string of the molecule is COc1ccc2nccc([N+]3(C(C)(C)C)CCC(NC(=O)O)CC3)c2n1. The number of carboxylic acid groups (broad SMARTS) is 1. The molecule has 140 valence electrons. The number of nitrogens with one attached hydrogen (secondary N) is 1. The van der Waals surface area contributed by atoms with Gasteiger partial charge in [-0.2, -0.15) is 0 Å². The highest BCUT2D eigenvalue weighted by Gasteiger charge is 2.46. The van der Waals surface area contributed by atoms with Gasteiger partial charge in [0.05, 0.1) is 31.3 Å². The van der Waals surface area contributed by atoms with Gasteiger partial charge in [0.15, 0.2) is 11.2 Å². The van der Waals surface area contributed by atoms with Crippen molar-refractivity contribution in [1.82, 2.24) is 19.8 Å². The number of carbonyl (C=O) groups is 1. The molecule has 0 spiro atoms.